The molecule has 0 saturated heterocycles. The second-order valence-electron chi connectivity index (χ2n) is 4.07. The molecule has 14 heavy (non-hydrogen) atoms. The van der Waals surface area contributed by atoms with Gasteiger partial charge in [-0.1, -0.05) is 11.6 Å². The van der Waals surface area contributed by atoms with Crippen LogP contribution in [0.1, 0.15) is 24.0 Å². The summed E-state index contributed by atoms with van der Waals surface area (Å²) in [5.74, 6) is -0.171. The molecule has 0 radical (unpaired) electrons. The van der Waals surface area contributed by atoms with E-state index in [-0.39, 0.29) is 11.2 Å². The van der Waals surface area contributed by atoms with Crippen LogP contribution in [0.5, 0.6) is 0 Å². The summed E-state index contributed by atoms with van der Waals surface area (Å²) in [6, 6.07) is 3.22. The molecule has 3 heteroatoms. The quantitative estimate of drug-likeness (QED) is 0.804. The molecule has 1 aliphatic rings. The lowest BCUT2D eigenvalue weighted by atomic mass is 9.94. The Balaban J connectivity index is 2.49. The molecule has 1 fully saturated rings. The number of halogens is 2. The molecule has 76 valence electrons. The first-order valence-electron chi connectivity index (χ1n) is 4.75. The molecule has 0 amide bonds. The second-order valence-corrected chi connectivity index (χ2v) is 4.47. The van der Waals surface area contributed by atoms with E-state index in [0.29, 0.717) is 17.1 Å². The zero-order valence-corrected chi connectivity index (χ0v) is 8.87. The van der Waals surface area contributed by atoms with Crippen LogP contribution in [-0.2, 0) is 5.41 Å². The molecule has 0 aliphatic heterocycles. The minimum absolute atomic E-state index is 0.124. The Morgan fingerprint density at radius 1 is 1.50 bits per heavy atom. The maximum atomic E-state index is 13.6. The van der Waals surface area contributed by atoms with Crippen LogP contribution in [0.4, 0.5) is 4.39 Å². The Morgan fingerprint density at radius 3 is 2.64 bits per heavy atom. The number of rotatable bonds is 2. The van der Waals surface area contributed by atoms with E-state index in [4.69, 9.17) is 17.3 Å². The van der Waals surface area contributed by atoms with E-state index in [1.807, 2.05) is 0 Å². The van der Waals surface area contributed by atoms with Gasteiger partial charge in [0.25, 0.3) is 0 Å². The van der Waals surface area contributed by atoms with E-state index in [0.717, 1.165) is 18.4 Å². The molecule has 0 unspecified atom stereocenters. The third-order valence-corrected chi connectivity index (χ3v) is 3.47. The first kappa shape index (κ1) is 9.94. The van der Waals surface area contributed by atoms with Gasteiger partial charge in [-0.3, -0.25) is 0 Å². The van der Waals surface area contributed by atoms with Crippen molar-refractivity contribution in [3.05, 3.63) is 34.1 Å². The van der Waals surface area contributed by atoms with E-state index >= 15 is 0 Å². The summed E-state index contributed by atoms with van der Waals surface area (Å²) >= 11 is 5.97. The summed E-state index contributed by atoms with van der Waals surface area (Å²) in [5.41, 5.74) is 6.99. The van der Waals surface area contributed by atoms with Crippen molar-refractivity contribution in [1.29, 1.82) is 0 Å². The third kappa shape index (κ3) is 1.43. The van der Waals surface area contributed by atoms with Crippen molar-refractivity contribution in [2.24, 2.45) is 5.73 Å². The Bertz CT molecular complexity index is 372. The van der Waals surface area contributed by atoms with Crippen LogP contribution < -0.4 is 5.73 Å². The van der Waals surface area contributed by atoms with E-state index in [1.165, 1.54) is 6.07 Å². The van der Waals surface area contributed by atoms with Crippen LogP contribution in [0, 0.1) is 12.7 Å². The predicted octanol–water partition coefficient (Wildman–Crippen LogP) is 2.78. The number of nitrogens with two attached hydrogens (primary N) is 1. The van der Waals surface area contributed by atoms with Gasteiger partial charge in [-0.25, -0.2) is 4.39 Å². The first-order valence-corrected chi connectivity index (χ1v) is 5.13. The number of hydrogen-bond donors (Lipinski definition) is 1. The summed E-state index contributed by atoms with van der Waals surface area (Å²) in [5, 5.41) is 0.626. The Hall–Kier alpha value is -0.600. The van der Waals surface area contributed by atoms with Crippen molar-refractivity contribution in [1.82, 2.24) is 0 Å². The lowest BCUT2D eigenvalue weighted by Crippen LogP contribution is -2.21. The Labute approximate surface area is 88.1 Å². The van der Waals surface area contributed by atoms with Crippen LogP contribution >= 0.6 is 11.6 Å². The van der Waals surface area contributed by atoms with Crippen molar-refractivity contribution < 1.29 is 4.39 Å². The van der Waals surface area contributed by atoms with E-state index in [2.05, 4.69) is 0 Å². The van der Waals surface area contributed by atoms with Gasteiger partial charge in [-0.05, 0) is 43.0 Å². The smallest absolute Gasteiger partial charge is 0.127 e. The summed E-state index contributed by atoms with van der Waals surface area (Å²) < 4.78 is 13.6. The molecular weight excluding hydrogens is 201 g/mol. The van der Waals surface area contributed by atoms with Crippen molar-refractivity contribution >= 4 is 11.6 Å². The molecular formula is C11H13ClFN. The van der Waals surface area contributed by atoms with Gasteiger partial charge >= 0.3 is 0 Å². The lowest BCUT2D eigenvalue weighted by molar-refractivity contribution is 0.572. The molecule has 2 N–H and O–H groups in total. The molecule has 0 spiro atoms. The third-order valence-electron chi connectivity index (χ3n) is 3.06. The van der Waals surface area contributed by atoms with Crippen molar-refractivity contribution in [3.8, 4) is 0 Å². The molecule has 2 rings (SSSR count). The zero-order valence-electron chi connectivity index (χ0n) is 8.11. The molecule has 1 aromatic rings. The summed E-state index contributed by atoms with van der Waals surface area (Å²) in [7, 11) is 0. The first-order chi connectivity index (χ1) is 6.59. The fourth-order valence-electron chi connectivity index (χ4n) is 1.79. The molecule has 1 aromatic carbocycles. The fraction of sp³-hybridized carbons (Fsp3) is 0.455. The van der Waals surface area contributed by atoms with Crippen molar-refractivity contribution in [2.75, 3.05) is 6.54 Å². The zero-order chi connectivity index (χ0) is 10.3. The molecule has 0 atom stereocenters. The fourth-order valence-corrected chi connectivity index (χ4v) is 1.95. The van der Waals surface area contributed by atoms with Crippen LogP contribution in [0.3, 0.4) is 0 Å². The highest BCUT2D eigenvalue weighted by Crippen LogP contribution is 2.48. The molecule has 0 bridgehead atoms. The maximum absolute atomic E-state index is 13.6. The van der Waals surface area contributed by atoms with Crippen molar-refractivity contribution in [3.63, 3.8) is 0 Å². The molecule has 0 aromatic heterocycles. The number of hydrogen-bond acceptors (Lipinski definition) is 1. The minimum atomic E-state index is -0.171. The highest BCUT2D eigenvalue weighted by Gasteiger charge is 2.44. The predicted molar refractivity (Wildman–Crippen MR) is 56.1 cm³/mol. The standard InChI is InChI=1S/C11H13ClFN/c1-7-4-10(13)8(5-9(7)12)11(6-14)2-3-11/h4-5H,2-3,6,14H2,1H3. The molecule has 1 saturated carbocycles. The van der Waals surface area contributed by atoms with Crippen LogP contribution in [0.15, 0.2) is 12.1 Å². The Morgan fingerprint density at radius 2 is 2.14 bits per heavy atom. The number of aryl methyl sites for hydroxylation is 1. The monoisotopic (exact) mass is 213 g/mol. The van der Waals surface area contributed by atoms with Gasteiger partial charge in [0, 0.05) is 17.0 Å². The van der Waals surface area contributed by atoms with E-state index in [9.17, 15) is 4.39 Å². The van der Waals surface area contributed by atoms with E-state index < -0.39 is 0 Å². The Kier molecular flexibility index (Phi) is 2.28. The lowest BCUT2D eigenvalue weighted by Gasteiger charge is -2.15. The SMILES string of the molecule is Cc1cc(F)c(C2(CN)CC2)cc1Cl. The summed E-state index contributed by atoms with van der Waals surface area (Å²) in [6.45, 7) is 2.31. The summed E-state index contributed by atoms with van der Waals surface area (Å²) in [6.07, 6.45) is 1.94. The number of benzene rings is 1. The van der Waals surface area contributed by atoms with Crippen LogP contribution in [0.25, 0.3) is 0 Å². The van der Waals surface area contributed by atoms with Crippen LogP contribution in [-0.4, -0.2) is 6.54 Å². The average Bonchev–Trinajstić information content (AvgIpc) is 2.92. The average molecular weight is 214 g/mol. The molecule has 1 aliphatic carbocycles. The molecule has 1 nitrogen and oxygen atoms in total. The van der Waals surface area contributed by atoms with Gasteiger partial charge in [0.05, 0.1) is 0 Å². The maximum Gasteiger partial charge on any atom is 0.127 e. The van der Waals surface area contributed by atoms with Gasteiger partial charge in [-0.2, -0.15) is 0 Å². The topological polar surface area (TPSA) is 26.0 Å². The van der Waals surface area contributed by atoms with E-state index in [1.54, 1.807) is 13.0 Å². The van der Waals surface area contributed by atoms with Gasteiger partial charge in [0.15, 0.2) is 0 Å². The minimum Gasteiger partial charge on any atom is -0.330 e. The highest BCUT2D eigenvalue weighted by molar-refractivity contribution is 6.31. The highest BCUT2D eigenvalue weighted by atomic mass is 35.5. The molecule has 0 heterocycles. The second kappa shape index (κ2) is 3.21. The van der Waals surface area contributed by atoms with Gasteiger partial charge < -0.3 is 5.73 Å². The summed E-state index contributed by atoms with van der Waals surface area (Å²) in [4.78, 5) is 0. The van der Waals surface area contributed by atoms with Gasteiger partial charge in [-0.15, -0.1) is 0 Å². The largest absolute Gasteiger partial charge is 0.330 e. The normalized spacial score (nSPS) is 18.3. The van der Waals surface area contributed by atoms with Gasteiger partial charge in [0.2, 0.25) is 0 Å². The van der Waals surface area contributed by atoms with Gasteiger partial charge in [0.1, 0.15) is 5.82 Å². The van der Waals surface area contributed by atoms with Crippen molar-refractivity contribution in [2.45, 2.75) is 25.2 Å². The van der Waals surface area contributed by atoms with Crippen LogP contribution in [0.2, 0.25) is 5.02 Å².